The summed E-state index contributed by atoms with van der Waals surface area (Å²) in [6.07, 6.45) is 0.338. The van der Waals surface area contributed by atoms with E-state index in [1.54, 1.807) is 0 Å². The van der Waals surface area contributed by atoms with Gasteiger partial charge in [-0.05, 0) is 35.0 Å². The normalized spacial score (nSPS) is 11.8. The molecule has 0 saturated carbocycles. The third-order valence-corrected chi connectivity index (χ3v) is 2.20. The lowest BCUT2D eigenvalue weighted by Gasteiger charge is -2.12. The number of rotatable bonds is 3. The average Bonchev–Trinajstić information content (AvgIpc) is 2.09. The lowest BCUT2D eigenvalue weighted by atomic mass is 10.3. The van der Waals surface area contributed by atoms with Gasteiger partial charge >= 0.3 is 0 Å². The number of hydrogen-bond donors (Lipinski definition) is 0. The van der Waals surface area contributed by atoms with Crippen LogP contribution in [0.2, 0.25) is 0 Å². The van der Waals surface area contributed by atoms with Crippen LogP contribution < -0.4 is 4.74 Å². The van der Waals surface area contributed by atoms with Gasteiger partial charge in [0.25, 0.3) is 0 Å². The van der Waals surface area contributed by atoms with Gasteiger partial charge in [0.05, 0.1) is 17.0 Å². The second kappa shape index (κ2) is 4.88. The van der Waals surface area contributed by atoms with E-state index in [9.17, 15) is 0 Å². The van der Waals surface area contributed by atoms with Crippen molar-refractivity contribution in [3.63, 3.8) is 0 Å². The number of ether oxygens (including phenoxy) is 1. The zero-order chi connectivity index (χ0) is 9.68. The Kier molecular flexibility index (Phi) is 3.78. The molecule has 13 heavy (non-hydrogen) atoms. The first kappa shape index (κ1) is 10.1. The molecular formula is C10H10BrNO. The third-order valence-electron chi connectivity index (χ3n) is 1.54. The second-order valence-corrected chi connectivity index (χ2v) is 3.58. The van der Waals surface area contributed by atoms with Crippen LogP contribution in [0.15, 0.2) is 28.7 Å². The summed E-state index contributed by atoms with van der Waals surface area (Å²) < 4.78 is 6.43. The molecule has 0 radical (unpaired) electrons. The van der Waals surface area contributed by atoms with E-state index in [0.29, 0.717) is 6.42 Å². The van der Waals surface area contributed by atoms with Crippen LogP contribution in [-0.4, -0.2) is 6.10 Å². The molecule has 1 aromatic rings. The molecule has 0 aliphatic heterocycles. The van der Waals surface area contributed by atoms with Gasteiger partial charge in [-0.15, -0.1) is 0 Å². The van der Waals surface area contributed by atoms with Crippen LogP contribution >= 0.6 is 15.9 Å². The Balaban J connectivity index is 2.64. The van der Waals surface area contributed by atoms with Crippen LogP contribution in [0.25, 0.3) is 0 Å². The number of benzene rings is 1. The predicted octanol–water partition coefficient (Wildman–Crippen LogP) is 3.13. The quantitative estimate of drug-likeness (QED) is 0.813. The number of hydrogen-bond acceptors (Lipinski definition) is 2. The molecule has 0 aromatic heterocycles. The molecule has 0 fully saturated rings. The fraction of sp³-hybridized carbons (Fsp3) is 0.300. The van der Waals surface area contributed by atoms with Crippen LogP contribution in [0, 0.1) is 11.3 Å². The Morgan fingerprint density at radius 1 is 1.54 bits per heavy atom. The van der Waals surface area contributed by atoms with E-state index in [2.05, 4.69) is 22.0 Å². The number of nitrogens with zero attached hydrogens (tertiary/aromatic N) is 1. The molecule has 0 heterocycles. The molecule has 1 aromatic carbocycles. The van der Waals surface area contributed by atoms with Gasteiger partial charge in [0.1, 0.15) is 11.9 Å². The Labute approximate surface area is 86.3 Å². The van der Waals surface area contributed by atoms with Crippen LogP contribution in [0.1, 0.15) is 13.3 Å². The minimum absolute atomic E-state index is 0.0660. The van der Waals surface area contributed by atoms with Crippen molar-refractivity contribution >= 4 is 15.9 Å². The van der Waals surface area contributed by atoms with Crippen molar-refractivity contribution in [2.75, 3.05) is 0 Å². The summed E-state index contributed by atoms with van der Waals surface area (Å²) >= 11 is 3.37. The fourth-order valence-corrected chi connectivity index (χ4v) is 1.31. The lowest BCUT2D eigenvalue weighted by molar-refractivity contribution is 0.225. The fourth-order valence-electron chi connectivity index (χ4n) is 0.927. The molecular weight excluding hydrogens is 230 g/mol. The van der Waals surface area contributed by atoms with E-state index in [1.165, 1.54) is 0 Å². The molecule has 1 rings (SSSR count). The summed E-state index contributed by atoms with van der Waals surface area (Å²) in [6.45, 7) is 1.88. The van der Waals surface area contributed by atoms with Crippen molar-refractivity contribution in [3.8, 4) is 11.8 Å². The van der Waals surface area contributed by atoms with Gasteiger partial charge in [0.15, 0.2) is 0 Å². The molecule has 0 N–H and O–H groups in total. The van der Waals surface area contributed by atoms with E-state index in [1.807, 2.05) is 31.2 Å². The zero-order valence-electron chi connectivity index (χ0n) is 7.33. The SMILES string of the molecule is CC(CC#N)Oc1ccccc1Br. The van der Waals surface area contributed by atoms with Crippen molar-refractivity contribution in [3.05, 3.63) is 28.7 Å². The monoisotopic (exact) mass is 239 g/mol. The molecule has 0 bridgehead atoms. The highest BCUT2D eigenvalue weighted by Gasteiger charge is 2.05. The molecule has 0 aliphatic rings. The van der Waals surface area contributed by atoms with Crippen molar-refractivity contribution in [1.29, 1.82) is 5.26 Å². The summed E-state index contributed by atoms with van der Waals surface area (Å²) in [4.78, 5) is 0. The molecule has 0 spiro atoms. The van der Waals surface area contributed by atoms with Crippen LogP contribution in [0.4, 0.5) is 0 Å². The second-order valence-electron chi connectivity index (χ2n) is 2.72. The Morgan fingerprint density at radius 2 is 2.23 bits per heavy atom. The molecule has 3 heteroatoms. The summed E-state index contributed by atoms with van der Waals surface area (Å²) in [5.74, 6) is 0.783. The first-order valence-corrected chi connectivity index (χ1v) is 4.81. The predicted molar refractivity (Wildman–Crippen MR) is 54.5 cm³/mol. The maximum Gasteiger partial charge on any atom is 0.133 e. The minimum atomic E-state index is -0.0660. The Morgan fingerprint density at radius 3 is 2.85 bits per heavy atom. The largest absolute Gasteiger partial charge is 0.488 e. The highest BCUT2D eigenvalue weighted by atomic mass is 79.9. The molecule has 0 aliphatic carbocycles. The van der Waals surface area contributed by atoms with Crippen molar-refractivity contribution in [2.24, 2.45) is 0 Å². The average molecular weight is 240 g/mol. The van der Waals surface area contributed by atoms with Gasteiger partial charge in [-0.25, -0.2) is 0 Å². The van der Waals surface area contributed by atoms with Gasteiger partial charge in [-0.2, -0.15) is 5.26 Å². The van der Waals surface area contributed by atoms with Crippen molar-refractivity contribution in [2.45, 2.75) is 19.4 Å². The van der Waals surface area contributed by atoms with E-state index in [4.69, 9.17) is 10.00 Å². The van der Waals surface area contributed by atoms with Crippen LogP contribution in [-0.2, 0) is 0 Å². The van der Waals surface area contributed by atoms with Crippen LogP contribution in [0.5, 0.6) is 5.75 Å². The van der Waals surface area contributed by atoms with E-state index in [0.717, 1.165) is 10.2 Å². The molecule has 2 nitrogen and oxygen atoms in total. The smallest absolute Gasteiger partial charge is 0.133 e. The summed E-state index contributed by atoms with van der Waals surface area (Å²) in [6, 6.07) is 9.68. The third kappa shape index (κ3) is 3.08. The molecule has 1 unspecified atom stereocenters. The number of halogens is 1. The summed E-state index contributed by atoms with van der Waals surface area (Å²) in [5, 5.41) is 8.44. The van der Waals surface area contributed by atoms with Gasteiger partial charge in [-0.1, -0.05) is 12.1 Å². The molecule has 0 amide bonds. The summed E-state index contributed by atoms with van der Waals surface area (Å²) in [7, 11) is 0. The number of para-hydroxylation sites is 1. The molecule has 1 atom stereocenters. The highest BCUT2D eigenvalue weighted by Crippen LogP contribution is 2.25. The van der Waals surface area contributed by atoms with Crippen LogP contribution in [0.3, 0.4) is 0 Å². The standard InChI is InChI=1S/C10H10BrNO/c1-8(6-7-12)13-10-5-3-2-4-9(10)11/h2-5,8H,6H2,1H3. The van der Waals surface area contributed by atoms with Crippen molar-refractivity contribution < 1.29 is 4.74 Å². The van der Waals surface area contributed by atoms with E-state index >= 15 is 0 Å². The van der Waals surface area contributed by atoms with Gasteiger partial charge in [0.2, 0.25) is 0 Å². The maximum absolute atomic E-state index is 8.44. The zero-order valence-corrected chi connectivity index (χ0v) is 8.91. The lowest BCUT2D eigenvalue weighted by Crippen LogP contribution is -2.10. The van der Waals surface area contributed by atoms with Crippen molar-refractivity contribution in [1.82, 2.24) is 0 Å². The first-order valence-electron chi connectivity index (χ1n) is 4.02. The first-order chi connectivity index (χ1) is 6.24. The van der Waals surface area contributed by atoms with Gasteiger partial charge in [-0.3, -0.25) is 0 Å². The number of nitriles is 1. The van der Waals surface area contributed by atoms with E-state index in [-0.39, 0.29) is 6.10 Å². The molecule has 0 saturated heterocycles. The van der Waals surface area contributed by atoms with Gasteiger partial charge < -0.3 is 4.74 Å². The topological polar surface area (TPSA) is 33.0 Å². The van der Waals surface area contributed by atoms with E-state index < -0.39 is 0 Å². The molecule has 68 valence electrons. The highest BCUT2D eigenvalue weighted by molar-refractivity contribution is 9.10. The summed E-state index contributed by atoms with van der Waals surface area (Å²) in [5.41, 5.74) is 0. The van der Waals surface area contributed by atoms with Gasteiger partial charge in [0, 0.05) is 0 Å². The maximum atomic E-state index is 8.44. The Bertz CT molecular complexity index is 319. The Hall–Kier alpha value is -1.01. The minimum Gasteiger partial charge on any atom is -0.488 e.